The molecule has 2 N–H and O–H groups in total. The first-order valence-electron chi connectivity index (χ1n) is 9.06. The number of para-hydroxylation sites is 1. The molecule has 1 unspecified atom stereocenters. The van der Waals surface area contributed by atoms with Crippen LogP contribution in [0.15, 0.2) is 59.5 Å². The average molecular weight is 401 g/mol. The fourth-order valence-corrected chi connectivity index (χ4v) is 4.54. The van der Waals surface area contributed by atoms with Crippen molar-refractivity contribution in [3.63, 3.8) is 0 Å². The summed E-state index contributed by atoms with van der Waals surface area (Å²) >= 11 is 0. The highest BCUT2D eigenvalue weighted by molar-refractivity contribution is 7.92. The number of amides is 2. The molecule has 1 heterocycles. The second-order valence-corrected chi connectivity index (χ2v) is 8.71. The van der Waals surface area contributed by atoms with Crippen molar-refractivity contribution in [1.29, 1.82) is 0 Å². The molecule has 0 aliphatic carbocycles. The molecule has 2 aromatic carbocycles. The van der Waals surface area contributed by atoms with E-state index in [9.17, 15) is 18.0 Å². The van der Waals surface area contributed by atoms with E-state index in [1.807, 2.05) is 6.07 Å². The van der Waals surface area contributed by atoms with Gasteiger partial charge in [0.2, 0.25) is 5.91 Å². The number of primary amides is 1. The van der Waals surface area contributed by atoms with Gasteiger partial charge in [0.25, 0.3) is 15.9 Å². The lowest BCUT2D eigenvalue weighted by Crippen LogP contribution is -2.50. The summed E-state index contributed by atoms with van der Waals surface area (Å²) in [5.41, 5.74) is 6.30. The third-order valence-corrected chi connectivity index (χ3v) is 6.77. The Morgan fingerprint density at radius 3 is 2.29 bits per heavy atom. The van der Waals surface area contributed by atoms with Crippen LogP contribution in [-0.2, 0) is 14.8 Å². The van der Waals surface area contributed by atoms with Crippen LogP contribution in [0.5, 0.6) is 0 Å². The summed E-state index contributed by atoms with van der Waals surface area (Å²) in [5.74, 6) is -0.833. The van der Waals surface area contributed by atoms with Crippen molar-refractivity contribution < 1.29 is 18.0 Å². The molecule has 1 fully saturated rings. The van der Waals surface area contributed by atoms with Crippen molar-refractivity contribution in [3.8, 4) is 0 Å². The Balaban J connectivity index is 1.83. The monoisotopic (exact) mass is 401 g/mol. The van der Waals surface area contributed by atoms with Gasteiger partial charge in [0.1, 0.15) is 6.04 Å². The summed E-state index contributed by atoms with van der Waals surface area (Å²) in [6.45, 7) is 0.462. The Morgan fingerprint density at radius 2 is 1.68 bits per heavy atom. The topological polar surface area (TPSA) is 101 Å². The molecule has 1 aliphatic rings. The number of carbonyl (C=O) groups excluding carboxylic acids is 2. The number of piperidine rings is 1. The van der Waals surface area contributed by atoms with E-state index in [1.165, 1.54) is 40.5 Å². The summed E-state index contributed by atoms with van der Waals surface area (Å²) in [4.78, 5) is 26.0. The highest BCUT2D eigenvalue weighted by Crippen LogP contribution is 2.23. The summed E-state index contributed by atoms with van der Waals surface area (Å²) in [6, 6.07) is 13.9. The summed E-state index contributed by atoms with van der Waals surface area (Å²) in [5, 5.41) is 0. The number of benzene rings is 2. The normalized spacial score (nSPS) is 17.2. The largest absolute Gasteiger partial charge is 0.368 e. The molecule has 0 saturated carbocycles. The Kier molecular flexibility index (Phi) is 5.69. The predicted molar refractivity (Wildman–Crippen MR) is 106 cm³/mol. The molecule has 8 heteroatoms. The minimum Gasteiger partial charge on any atom is -0.368 e. The summed E-state index contributed by atoms with van der Waals surface area (Å²) in [6.07, 6.45) is 2.21. The molecule has 1 atom stereocenters. The molecule has 0 bridgehead atoms. The van der Waals surface area contributed by atoms with Crippen LogP contribution >= 0.6 is 0 Å². The number of anilines is 1. The maximum absolute atomic E-state index is 12.8. The molecule has 148 valence electrons. The lowest BCUT2D eigenvalue weighted by atomic mass is 10.0. The third kappa shape index (κ3) is 3.87. The molecule has 3 rings (SSSR count). The molecule has 2 amide bonds. The van der Waals surface area contributed by atoms with Crippen LogP contribution in [0, 0.1) is 0 Å². The van der Waals surface area contributed by atoms with Crippen LogP contribution < -0.4 is 10.0 Å². The fraction of sp³-hybridized carbons (Fsp3) is 0.300. The first-order chi connectivity index (χ1) is 13.3. The lowest BCUT2D eigenvalue weighted by molar-refractivity contribution is -0.123. The van der Waals surface area contributed by atoms with E-state index in [2.05, 4.69) is 0 Å². The van der Waals surface area contributed by atoms with Crippen molar-refractivity contribution in [2.45, 2.75) is 30.2 Å². The lowest BCUT2D eigenvalue weighted by Gasteiger charge is -2.33. The number of carbonyl (C=O) groups is 2. The Labute approximate surface area is 164 Å². The predicted octanol–water partition coefficient (Wildman–Crippen LogP) is 1.99. The number of sulfonamides is 1. The molecule has 0 spiro atoms. The molecule has 28 heavy (non-hydrogen) atoms. The van der Waals surface area contributed by atoms with E-state index in [-0.39, 0.29) is 10.8 Å². The highest BCUT2D eigenvalue weighted by Gasteiger charge is 2.31. The van der Waals surface area contributed by atoms with Gasteiger partial charge in [-0.2, -0.15) is 0 Å². The molecule has 0 radical (unpaired) electrons. The van der Waals surface area contributed by atoms with E-state index in [0.29, 0.717) is 24.2 Å². The number of nitrogens with zero attached hydrogens (tertiary/aromatic N) is 2. The Bertz CT molecular complexity index is 959. The maximum atomic E-state index is 12.8. The van der Waals surface area contributed by atoms with Gasteiger partial charge < -0.3 is 10.6 Å². The minimum atomic E-state index is -3.75. The van der Waals surface area contributed by atoms with Crippen LogP contribution in [-0.4, -0.2) is 44.8 Å². The summed E-state index contributed by atoms with van der Waals surface area (Å²) in [7, 11) is -2.27. The van der Waals surface area contributed by atoms with Crippen molar-refractivity contribution in [2.75, 3.05) is 17.9 Å². The van der Waals surface area contributed by atoms with Gasteiger partial charge in [-0.25, -0.2) is 8.42 Å². The zero-order valence-electron chi connectivity index (χ0n) is 15.6. The van der Waals surface area contributed by atoms with Gasteiger partial charge in [0.05, 0.1) is 10.6 Å². The Hall–Kier alpha value is -2.87. The molecular weight excluding hydrogens is 378 g/mol. The maximum Gasteiger partial charge on any atom is 0.264 e. The first kappa shape index (κ1) is 19.9. The van der Waals surface area contributed by atoms with Gasteiger partial charge in [-0.1, -0.05) is 18.2 Å². The number of likely N-dealkylation sites (tertiary alicyclic amines) is 1. The fourth-order valence-electron chi connectivity index (χ4n) is 3.34. The smallest absolute Gasteiger partial charge is 0.264 e. The van der Waals surface area contributed by atoms with Crippen molar-refractivity contribution in [3.05, 3.63) is 60.2 Å². The molecule has 1 aliphatic heterocycles. The second-order valence-electron chi connectivity index (χ2n) is 6.74. The van der Waals surface area contributed by atoms with Gasteiger partial charge in [-0.05, 0) is 55.7 Å². The zero-order chi connectivity index (χ0) is 20.3. The van der Waals surface area contributed by atoms with Crippen LogP contribution in [0.3, 0.4) is 0 Å². The van der Waals surface area contributed by atoms with Crippen LogP contribution in [0.1, 0.15) is 29.6 Å². The second kappa shape index (κ2) is 8.02. The summed E-state index contributed by atoms with van der Waals surface area (Å²) < 4.78 is 26.8. The third-order valence-electron chi connectivity index (χ3n) is 4.97. The SMILES string of the molecule is CN(c1ccccc1)S(=O)(=O)c1ccc(C(=O)N2CCCCC2C(N)=O)cc1. The van der Waals surface area contributed by atoms with Crippen molar-refractivity contribution in [1.82, 2.24) is 4.90 Å². The molecule has 2 aromatic rings. The quantitative estimate of drug-likeness (QED) is 0.828. The first-order valence-corrected chi connectivity index (χ1v) is 10.5. The van der Waals surface area contributed by atoms with E-state index in [1.54, 1.807) is 24.3 Å². The van der Waals surface area contributed by atoms with Crippen LogP contribution in [0.2, 0.25) is 0 Å². The van der Waals surface area contributed by atoms with E-state index in [4.69, 9.17) is 5.73 Å². The molecule has 1 saturated heterocycles. The van der Waals surface area contributed by atoms with Crippen LogP contribution in [0.25, 0.3) is 0 Å². The minimum absolute atomic E-state index is 0.0838. The standard InChI is InChI=1S/C20H23N3O4S/c1-22(16-7-3-2-4-8-16)28(26,27)17-12-10-15(11-13-17)20(25)23-14-6-5-9-18(23)19(21)24/h2-4,7-8,10-13,18H,5-6,9,14H2,1H3,(H2,21,24). The zero-order valence-corrected chi connectivity index (χ0v) is 16.4. The molecule has 0 aromatic heterocycles. The average Bonchev–Trinajstić information content (AvgIpc) is 2.73. The van der Waals surface area contributed by atoms with E-state index >= 15 is 0 Å². The number of hydrogen-bond donors (Lipinski definition) is 1. The van der Waals surface area contributed by atoms with Gasteiger partial charge in [-0.3, -0.25) is 13.9 Å². The van der Waals surface area contributed by atoms with Crippen molar-refractivity contribution >= 4 is 27.5 Å². The number of rotatable bonds is 5. The van der Waals surface area contributed by atoms with Gasteiger partial charge in [0, 0.05) is 19.2 Å². The van der Waals surface area contributed by atoms with Crippen molar-refractivity contribution in [2.24, 2.45) is 5.73 Å². The van der Waals surface area contributed by atoms with Gasteiger partial charge in [0.15, 0.2) is 0 Å². The number of hydrogen-bond acceptors (Lipinski definition) is 4. The van der Waals surface area contributed by atoms with Crippen LogP contribution in [0.4, 0.5) is 5.69 Å². The highest BCUT2D eigenvalue weighted by atomic mass is 32.2. The van der Waals surface area contributed by atoms with Gasteiger partial charge in [-0.15, -0.1) is 0 Å². The molecular formula is C20H23N3O4S. The number of nitrogens with two attached hydrogens (primary N) is 1. The van der Waals surface area contributed by atoms with E-state index in [0.717, 1.165) is 12.8 Å². The Morgan fingerprint density at radius 1 is 1.04 bits per heavy atom. The van der Waals surface area contributed by atoms with Gasteiger partial charge >= 0.3 is 0 Å². The molecule has 7 nitrogen and oxygen atoms in total. The van der Waals surface area contributed by atoms with E-state index < -0.39 is 22.0 Å².